The van der Waals surface area contributed by atoms with E-state index in [0.717, 1.165) is 32.0 Å². The fourth-order valence-corrected chi connectivity index (χ4v) is 2.64. The standard InChI is InChI=1S/C15H20N2O/c18-15(17-8-7-16-14-5-6-14)13-9-11-3-1-2-4-12(11)10-13/h1-4,13-14,16H,5-10H2,(H,17,18). The molecule has 3 rings (SSSR count). The first-order valence-corrected chi connectivity index (χ1v) is 6.91. The van der Waals surface area contributed by atoms with Gasteiger partial charge in [-0.1, -0.05) is 24.3 Å². The van der Waals surface area contributed by atoms with Crippen LogP contribution in [0.5, 0.6) is 0 Å². The summed E-state index contributed by atoms with van der Waals surface area (Å²) >= 11 is 0. The lowest BCUT2D eigenvalue weighted by molar-refractivity contribution is -0.124. The molecule has 0 aromatic heterocycles. The van der Waals surface area contributed by atoms with Crippen LogP contribution in [0, 0.1) is 5.92 Å². The van der Waals surface area contributed by atoms with Crippen molar-refractivity contribution in [3.63, 3.8) is 0 Å². The lowest BCUT2D eigenvalue weighted by atomic mass is 10.1. The maximum atomic E-state index is 12.0. The Morgan fingerprint density at radius 1 is 1.11 bits per heavy atom. The van der Waals surface area contributed by atoms with Gasteiger partial charge in [0, 0.05) is 25.0 Å². The van der Waals surface area contributed by atoms with Crippen LogP contribution < -0.4 is 10.6 Å². The molecular formula is C15H20N2O. The van der Waals surface area contributed by atoms with Crippen LogP contribution in [0.25, 0.3) is 0 Å². The van der Waals surface area contributed by atoms with Gasteiger partial charge in [-0.05, 0) is 36.8 Å². The monoisotopic (exact) mass is 244 g/mol. The Kier molecular flexibility index (Phi) is 3.33. The molecule has 2 N–H and O–H groups in total. The van der Waals surface area contributed by atoms with Gasteiger partial charge in [-0.25, -0.2) is 0 Å². The summed E-state index contributed by atoms with van der Waals surface area (Å²) < 4.78 is 0. The van der Waals surface area contributed by atoms with Crippen LogP contribution in [-0.4, -0.2) is 25.0 Å². The molecular weight excluding hydrogens is 224 g/mol. The van der Waals surface area contributed by atoms with Crippen LogP contribution in [0.2, 0.25) is 0 Å². The Labute approximate surface area is 108 Å². The van der Waals surface area contributed by atoms with Crippen molar-refractivity contribution in [2.75, 3.05) is 13.1 Å². The van der Waals surface area contributed by atoms with Crippen molar-refractivity contribution in [3.05, 3.63) is 35.4 Å². The lowest BCUT2D eigenvalue weighted by Crippen LogP contribution is -2.36. The molecule has 0 saturated heterocycles. The van der Waals surface area contributed by atoms with E-state index in [0.29, 0.717) is 0 Å². The Morgan fingerprint density at radius 2 is 1.78 bits per heavy atom. The number of nitrogens with one attached hydrogen (secondary N) is 2. The normalized spacial score (nSPS) is 18.7. The molecule has 0 unspecified atom stereocenters. The third kappa shape index (κ3) is 2.72. The molecule has 3 heteroatoms. The largest absolute Gasteiger partial charge is 0.355 e. The topological polar surface area (TPSA) is 41.1 Å². The Hall–Kier alpha value is -1.35. The van der Waals surface area contributed by atoms with Gasteiger partial charge >= 0.3 is 0 Å². The highest BCUT2D eigenvalue weighted by Gasteiger charge is 2.26. The van der Waals surface area contributed by atoms with Crippen molar-refractivity contribution in [2.45, 2.75) is 31.7 Å². The minimum Gasteiger partial charge on any atom is -0.355 e. The van der Waals surface area contributed by atoms with E-state index in [1.54, 1.807) is 0 Å². The van der Waals surface area contributed by atoms with Crippen LogP contribution in [0.4, 0.5) is 0 Å². The van der Waals surface area contributed by atoms with E-state index in [1.807, 2.05) is 0 Å². The highest BCUT2D eigenvalue weighted by Crippen LogP contribution is 2.26. The van der Waals surface area contributed by atoms with Gasteiger partial charge < -0.3 is 10.6 Å². The number of hydrogen-bond acceptors (Lipinski definition) is 2. The van der Waals surface area contributed by atoms with Crippen molar-refractivity contribution in [3.8, 4) is 0 Å². The number of amides is 1. The van der Waals surface area contributed by atoms with E-state index in [-0.39, 0.29) is 11.8 Å². The summed E-state index contributed by atoms with van der Waals surface area (Å²) in [5.41, 5.74) is 2.68. The van der Waals surface area contributed by atoms with Crippen molar-refractivity contribution in [1.29, 1.82) is 0 Å². The second-order valence-corrected chi connectivity index (χ2v) is 5.39. The average molecular weight is 244 g/mol. The molecule has 96 valence electrons. The molecule has 0 heterocycles. The summed E-state index contributed by atoms with van der Waals surface area (Å²) in [6.45, 7) is 1.65. The van der Waals surface area contributed by atoms with Crippen molar-refractivity contribution in [1.82, 2.24) is 10.6 Å². The molecule has 1 fully saturated rings. The minimum absolute atomic E-state index is 0.142. The van der Waals surface area contributed by atoms with Crippen LogP contribution in [0.15, 0.2) is 24.3 Å². The Balaban J connectivity index is 1.43. The number of carbonyl (C=O) groups excluding carboxylic acids is 1. The number of carbonyl (C=O) groups is 1. The maximum Gasteiger partial charge on any atom is 0.223 e. The molecule has 1 saturated carbocycles. The fraction of sp³-hybridized carbons (Fsp3) is 0.533. The van der Waals surface area contributed by atoms with Gasteiger partial charge in [-0.2, -0.15) is 0 Å². The molecule has 0 bridgehead atoms. The molecule has 0 spiro atoms. The molecule has 1 aromatic rings. The third-order valence-corrected chi connectivity index (χ3v) is 3.86. The first kappa shape index (κ1) is 11.7. The third-order valence-electron chi connectivity index (χ3n) is 3.86. The van der Waals surface area contributed by atoms with E-state index in [1.165, 1.54) is 24.0 Å². The first-order chi connectivity index (χ1) is 8.83. The van der Waals surface area contributed by atoms with E-state index < -0.39 is 0 Å². The number of benzene rings is 1. The van der Waals surface area contributed by atoms with Gasteiger partial charge in [-0.15, -0.1) is 0 Å². The first-order valence-electron chi connectivity index (χ1n) is 6.91. The predicted octanol–water partition coefficient (Wildman–Crippen LogP) is 1.27. The Bertz CT molecular complexity index is 415. The summed E-state index contributed by atoms with van der Waals surface area (Å²) in [5, 5.41) is 6.45. The zero-order valence-electron chi connectivity index (χ0n) is 10.6. The molecule has 0 aliphatic heterocycles. The average Bonchev–Trinajstić information content (AvgIpc) is 3.10. The number of hydrogen-bond donors (Lipinski definition) is 2. The van der Waals surface area contributed by atoms with E-state index in [2.05, 4.69) is 34.9 Å². The second-order valence-electron chi connectivity index (χ2n) is 5.39. The molecule has 2 aliphatic carbocycles. The van der Waals surface area contributed by atoms with Crippen LogP contribution >= 0.6 is 0 Å². The lowest BCUT2D eigenvalue weighted by Gasteiger charge is -2.10. The van der Waals surface area contributed by atoms with E-state index >= 15 is 0 Å². The zero-order valence-corrected chi connectivity index (χ0v) is 10.6. The van der Waals surface area contributed by atoms with Crippen molar-refractivity contribution < 1.29 is 4.79 Å². The van der Waals surface area contributed by atoms with Gasteiger partial charge in [0.25, 0.3) is 0 Å². The predicted molar refractivity (Wildman–Crippen MR) is 71.4 cm³/mol. The van der Waals surface area contributed by atoms with Crippen molar-refractivity contribution in [2.24, 2.45) is 5.92 Å². The summed E-state index contributed by atoms with van der Waals surface area (Å²) in [7, 11) is 0. The van der Waals surface area contributed by atoms with E-state index in [9.17, 15) is 4.79 Å². The summed E-state index contributed by atoms with van der Waals surface area (Å²) in [6.07, 6.45) is 4.40. The van der Waals surface area contributed by atoms with Crippen molar-refractivity contribution >= 4 is 5.91 Å². The zero-order chi connectivity index (χ0) is 12.4. The fourth-order valence-electron chi connectivity index (χ4n) is 2.64. The SMILES string of the molecule is O=C(NCCNC1CC1)C1Cc2ccccc2C1. The molecule has 0 atom stereocenters. The Morgan fingerprint density at radius 3 is 2.39 bits per heavy atom. The van der Waals surface area contributed by atoms with Crippen LogP contribution in [-0.2, 0) is 17.6 Å². The molecule has 18 heavy (non-hydrogen) atoms. The molecule has 1 aromatic carbocycles. The van der Waals surface area contributed by atoms with Gasteiger partial charge in [-0.3, -0.25) is 4.79 Å². The van der Waals surface area contributed by atoms with Crippen LogP contribution in [0.1, 0.15) is 24.0 Å². The van der Waals surface area contributed by atoms with Gasteiger partial charge in [0.1, 0.15) is 0 Å². The second kappa shape index (κ2) is 5.11. The molecule has 1 amide bonds. The number of fused-ring (bicyclic) bond motifs is 1. The number of rotatable bonds is 5. The summed E-state index contributed by atoms with van der Waals surface area (Å²) in [5.74, 6) is 0.354. The summed E-state index contributed by atoms with van der Waals surface area (Å²) in [6, 6.07) is 9.10. The minimum atomic E-state index is 0.142. The van der Waals surface area contributed by atoms with Gasteiger partial charge in [0.15, 0.2) is 0 Å². The quantitative estimate of drug-likeness (QED) is 0.766. The summed E-state index contributed by atoms with van der Waals surface area (Å²) in [4.78, 5) is 12.0. The van der Waals surface area contributed by atoms with Gasteiger partial charge in [0.05, 0.1) is 0 Å². The molecule has 3 nitrogen and oxygen atoms in total. The highest BCUT2D eigenvalue weighted by atomic mass is 16.1. The molecule has 2 aliphatic rings. The molecule has 0 radical (unpaired) electrons. The van der Waals surface area contributed by atoms with Crippen LogP contribution in [0.3, 0.4) is 0 Å². The smallest absolute Gasteiger partial charge is 0.223 e. The highest BCUT2D eigenvalue weighted by molar-refractivity contribution is 5.80. The van der Waals surface area contributed by atoms with Gasteiger partial charge in [0.2, 0.25) is 5.91 Å². The van der Waals surface area contributed by atoms with E-state index in [4.69, 9.17) is 0 Å². The maximum absolute atomic E-state index is 12.0.